The Morgan fingerprint density at radius 2 is 1.86 bits per heavy atom. The van der Waals surface area contributed by atoms with E-state index in [1.807, 2.05) is 0 Å². The van der Waals surface area contributed by atoms with Gasteiger partial charge in [0.15, 0.2) is 11.6 Å². The fourth-order valence-corrected chi connectivity index (χ4v) is 2.86. The van der Waals surface area contributed by atoms with E-state index in [4.69, 9.17) is 4.74 Å². The van der Waals surface area contributed by atoms with Crippen molar-refractivity contribution in [2.24, 2.45) is 5.92 Å². The van der Waals surface area contributed by atoms with Crippen molar-refractivity contribution in [2.45, 2.75) is 31.8 Å². The van der Waals surface area contributed by atoms with Gasteiger partial charge in [-0.2, -0.15) is 0 Å². The van der Waals surface area contributed by atoms with Gasteiger partial charge < -0.3 is 15.0 Å². The fourth-order valence-electron chi connectivity index (χ4n) is 2.86. The molecule has 3 nitrogen and oxygen atoms in total. The molecule has 0 radical (unpaired) electrons. The highest BCUT2D eigenvalue weighted by molar-refractivity contribution is 5.23. The number of ether oxygens (including phenoxy) is 1. The van der Waals surface area contributed by atoms with E-state index in [0.29, 0.717) is 5.75 Å². The van der Waals surface area contributed by atoms with Gasteiger partial charge in [0.1, 0.15) is 11.9 Å². The van der Waals surface area contributed by atoms with Crippen LogP contribution in [-0.2, 0) is 0 Å². The van der Waals surface area contributed by atoms with Crippen LogP contribution in [0.3, 0.4) is 0 Å². The molecule has 1 heterocycles. The molecule has 122 valence electrons. The van der Waals surface area contributed by atoms with E-state index in [1.54, 1.807) is 0 Å². The molecule has 3 rings (SSSR count). The third-order valence-corrected chi connectivity index (χ3v) is 4.46. The molecule has 1 aliphatic heterocycles. The van der Waals surface area contributed by atoms with E-state index in [9.17, 15) is 8.78 Å². The van der Waals surface area contributed by atoms with Crippen LogP contribution in [0.25, 0.3) is 0 Å². The zero-order valence-electron chi connectivity index (χ0n) is 12.9. The lowest BCUT2D eigenvalue weighted by Crippen LogP contribution is -2.41. The van der Waals surface area contributed by atoms with Crippen LogP contribution < -0.4 is 10.1 Å². The standard InChI is InChI=1S/C17H24F2N2O/c18-16-4-3-15(11-17(16)19)22-14-5-8-21(9-6-14)10-7-20-12-13-1-2-13/h3-4,11,13-14,20H,1-2,5-10,12H2. The van der Waals surface area contributed by atoms with Gasteiger partial charge in [-0.05, 0) is 50.3 Å². The lowest BCUT2D eigenvalue weighted by atomic mass is 10.1. The van der Waals surface area contributed by atoms with Crippen LogP contribution in [0.2, 0.25) is 0 Å². The summed E-state index contributed by atoms with van der Waals surface area (Å²) in [4.78, 5) is 2.44. The van der Waals surface area contributed by atoms with Crippen molar-refractivity contribution in [3.05, 3.63) is 29.8 Å². The van der Waals surface area contributed by atoms with Crippen LogP contribution in [0, 0.1) is 17.6 Å². The van der Waals surface area contributed by atoms with Gasteiger partial charge in [-0.15, -0.1) is 0 Å². The molecule has 0 aromatic heterocycles. The maximum atomic E-state index is 13.2. The Labute approximate surface area is 130 Å². The first-order valence-electron chi connectivity index (χ1n) is 8.25. The summed E-state index contributed by atoms with van der Waals surface area (Å²) in [6.07, 6.45) is 4.74. The van der Waals surface area contributed by atoms with Gasteiger partial charge in [0.05, 0.1) is 0 Å². The molecule has 2 aliphatic rings. The average molecular weight is 310 g/mol. The summed E-state index contributed by atoms with van der Waals surface area (Å²) in [6.45, 7) is 5.28. The number of halogens is 2. The summed E-state index contributed by atoms with van der Waals surface area (Å²) in [5.41, 5.74) is 0. The zero-order chi connectivity index (χ0) is 15.4. The summed E-state index contributed by atoms with van der Waals surface area (Å²) in [5.74, 6) is -0.337. The van der Waals surface area contributed by atoms with Crippen molar-refractivity contribution in [2.75, 3.05) is 32.7 Å². The molecule has 5 heteroatoms. The van der Waals surface area contributed by atoms with E-state index in [0.717, 1.165) is 63.6 Å². The average Bonchev–Trinajstić information content (AvgIpc) is 3.33. The Hall–Kier alpha value is -1.20. The molecule has 22 heavy (non-hydrogen) atoms. The Balaban J connectivity index is 1.34. The van der Waals surface area contributed by atoms with Crippen molar-refractivity contribution in [1.29, 1.82) is 0 Å². The minimum absolute atomic E-state index is 0.0977. The Bertz CT molecular complexity index is 486. The number of hydrogen-bond acceptors (Lipinski definition) is 3. The van der Waals surface area contributed by atoms with Crippen molar-refractivity contribution < 1.29 is 13.5 Å². The van der Waals surface area contributed by atoms with Gasteiger partial charge in [-0.1, -0.05) is 0 Å². The highest BCUT2D eigenvalue weighted by Gasteiger charge is 2.22. The Morgan fingerprint density at radius 1 is 1.09 bits per heavy atom. The second-order valence-corrected chi connectivity index (χ2v) is 6.38. The van der Waals surface area contributed by atoms with Gasteiger partial charge >= 0.3 is 0 Å². The molecule has 2 fully saturated rings. The maximum Gasteiger partial charge on any atom is 0.162 e. The highest BCUT2D eigenvalue weighted by atomic mass is 19.2. The van der Waals surface area contributed by atoms with Crippen LogP contribution in [0.5, 0.6) is 5.75 Å². The van der Waals surface area contributed by atoms with Crippen LogP contribution >= 0.6 is 0 Å². The van der Waals surface area contributed by atoms with Crippen LogP contribution in [0.1, 0.15) is 25.7 Å². The van der Waals surface area contributed by atoms with Crippen LogP contribution in [-0.4, -0.2) is 43.7 Å². The predicted octanol–water partition coefficient (Wildman–Crippen LogP) is 2.81. The van der Waals surface area contributed by atoms with Crippen molar-refractivity contribution in [3.63, 3.8) is 0 Å². The largest absolute Gasteiger partial charge is 0.490 e. The molecule has 0 amide bonds. The number of hydrogen-bond donors (Lipinski definition) is 1. The number of likely N-dealkylation sites (tertiary alicyclic amines) is 1. The predicted molar refractivity (Wildman–Crippen MR) is 82.0 cm³/mol. The molecule has 1 saturated heterocycles. The first-order valence-corrected chi connectivity index (χ1v) is 8.25. The lowest BCUT2D eigenvalue weighted by Gasteiger charge is -2.32. The number of rotatable bonds is 7. The molecule has 1 saturated carbocycles. The summed E-state index contributed by atoms with van der Waals surface area (Å²) in [5, 5.41) is 3.51. The topological polar surface area (TPSA) is 24.5 Å². The molecule has 1 N–H and O–H groups in total. The zero-order valence-corrected chi connectivity index (χ0v) is 12.9. The normalized spacial score (nSPS) is 20.3. The minimum Gasteiger partial charge on any atom is -0.490 e. The third kappa shape index (κ3) is 4.65. The summed E-state index contributed by atoms with van der Waals surface area (Å²) in [7, 11) is 0. The van der Waals surface area contributed by atoms with E-state index in [1.165, 1.54) is 18.9 Å². The molecule has 0 atom stereocenters. The molecular formula is C17H24F2N2O. The molecule has 1 aromatic carbocycles. The Morgan fingerprint density at radius 3 is 2.55 bits per heavy atom. The fraction of sp³-hybridized carbons (Fsp3) is 0.647. The number of benzene rings is 1. The van der Waals surface area contributed by atoms with E-state index in [2.05, 4.69) is 10.2 Å². The quantitative estimate of drug-likeness (QED) is 0.784. The van der Waals surface area contributed by atoms with Crippen LogP contribution in [0.15, 0.2) is 18.2 Å². The van der Waals surface area contributed by atoms with E-state index in [-0.39, 0.29) is 6.10 Å². The van der Waals surface area contributed by atoms with Crippen molar-refractivity contribution in [1.82, 2.24) is 10.2 Å². The van der Waals surface area contributed by atoms with Gasteiger partial charge in [-0.25, -0.2) is 8.78 Å². The number of nitrogens with zero attached hydrogens (tertiary/aromatic N) is 1. The van der Waals surface area contributed by atoms with Crippen molar-refractivity contribution in [3.8, 4) is 5.75 Å². The van der Waals surface area contributed by atoms with Gasteiger partial charge in [0.2, 0.25) is 0 Å². The smallest absolute Gasteiger partial charge is 0.162 e. The summed E-state index contributed by atoms with van der Waals surface area (Å²) < 4.78 is 31.8. The summed E-state index contributed by atoms with van der Waals surface area (Å²) >= 11 is 0. The Kier molecular flexibility index (Phi) is 5.26. The van der Waals surface area contributed by atoms with E-state index < -0.39 is 11.6 Å². The van der Waals surface area contributed by atoms with Gasteiger partial charge in [-0.3, -0.25) is 0 Å². The first-order chi connectivity index (χ1) is 10.7. The maximum absolute atomic E-state index is 13.2. The first kappa shape index (κ1) is 15.7. The number of piperidine rings is 1. The summed E-state index contributed by atoms with van der Waals surface area (Å²) in [6, 6.07) is 3.74. The monoisotopic (exact) mass is 310 g/mol. The second kappa shape index (κ2) is 7.38. The van der Waals surface area contributed by atoms with Gasteiger partial charge in [0, 0.05) is 32.2 Å². The molecule has 1 aliphatic carbocycles. The highest BCUT2D eigenvalue weighted by Crippen LogP contribution is 2.27. The third-order valence-electron chi connectivity index (χ3n) is 4.46. The molecule has 0 bridgehead atoms. The van der Waals surface area contributed by atoms with Crippen LogP contribution in [0.4, 0.5) is 8.78 Å². The molecule has 1 aromatic rings. The van der Waals surface area contributed by atoms with Gasteiger partial charge in [0.25, 0.3) is 0 Å². The van der Waals surface area contributed by atoms with Crippen molar-refractivity contribution >= 4 is 0 Å². The SMILES string of the molecule is Fc1ccc(OC2CCN(CCNCC3CC3)CC2)cc1F. The minimum atomic E-state index is -0.850. The molecule has 0 spiro atoms. The lowest BCUT2D eigenvalue weighted by molar-refractivity contribution is 0.101. The molecule has 0 unspecified atom stereocenters. The van der Waals surface area contributed by atoms with E-state index >= 15 is 0 Å². The second-order valence-electron chi connectivity index (χ2n) is 6.38. The molecular weight excluding hydrogens is 286 g/mol. The number of nitrogens with one attached hydrogen (secondary N) is 1.